The summed E-state index contributed by atoms with van der Waals surface area (Å²) in [5, 5.41) is 12.2. The molecule has 0 aliphatic heterocycles. The lowest BCUT2D eigenvalue weighted by Crippen LogP contribution is -2.15. The van der Waals surface area contributed by atoms with Crippen molar-refractivity contribution in [1.29, 1.82) is 0 Å². The maximum Gasteiger partial charge on any atom is 0.234 e. The van der Waals surface area contributed by atoms with Crippen molar-refractivity contribution in [2.75, 3.05) is 24.8 Å². The van der Waals surface area contributed by atoms with Crippen molar-refractivity contribution < 1.29 is 9.53 Å². The molecule has 0 spiro atoms. The molecule has 146 valence electrons. The Morgan fingerprint density at radius 3 is 2.61 bits per heavy atom. The molecule has 1 N–H and O–H groups in total. The van der Waals surface area contributed by atoms with Crippen molar-refractivity contribution in [3.63, 3.8) is 0 Å². The number of thioether (sulfide) groups is 1. The van der Waals surface area contributed by atoms with Gasteiger partial charge in [-0.05, 0) is 29.8 Å². The number of amides is 1. The number of nitrogens with zero attached hydrogens (tertiary/aromatic N) is 3. The van der Waals surface area contributed by atoms with Crippen LogP contribution in [0.3, 0.4) is 0 Å². The van der Waals surface area contributed by atoms with E-state index in [1.54, 1.807) is 7.11 Å². The second-order valence-electron chi connectivity index (χ2n) is 6.05. The molecule has 28 heavy (non-hydrogen) atoms. The van der Waals surface area contributed by atoms with Gasteiger partial charge in [-0.15, -0.1) is 10.2 Å². The van der Waals surface area contributed by atoms with Crippen LogP contribution in [0.5, 0.6) is 0 Å². The van der Waals surface area contributed by atoms with Crippen LogP contribution >= 0.6 is 27.7 Å². The van der Waals surface area contributed by atoms with Gasteiger partial charge in [0.25, 0.3) is 0 Å². The van der Waals surface area contributed by atoms with Crippen LogP contribution in [0, 0.1) is 0 Å². The first-order chi connectivity index (χ1) is 13.7. The summed E-state index contributed by atoms with van der Waals surface area (Å²) in [4.78, 5) is 12.3. The first-order valence-electron chi connectivity index (χ1n) is 8.79. The summed E-state index contributed by atoms with van der Waals surface area (Å²) in [6.45, 7) is 1.20. The number of benzene rings is 2. The Hall–Kier alpha value is -2.16. The first-order valence-corrected chi connectivity index (χ1v) is 10.6. The number of halogens is 1. The molecule has 0 aliphatic carbocycles. The van der Waals surface area contributed by atoms with Gasteiger partial charge >= 0.3 is 0 Å². The van der Waals surface area contributed by atoms with Gasteiger partial charge in [-0.1, -0.05) is 58.0 Å². The molecule has 3 aromatic rings. The zero-order valence-corrected chi connectivity index (χ0v) is 17.9. The molecule has 0 saturated heterocycles. The standard InChI is InChI=1S/C20H21BrN4O2S/c1-27-12-11-25-18(13-15-5-3-2-4-6-15)23-24-20(25)28-14-19(26)22-17-9-7-16(21)8-10-17/h2-10H,11-14H2,1H3,(H,22,26). The number of carbonyl (C=O) groups excluding carboxylic acids is 1. The minimum absolute atomic E-state index is 0.0850. The molecule has 0 aliphatic rings. The summed E-state index contributed by atoms with van der Waals surface area (Å²) < 4.78 is 8.21. The van der Waals surface area contributed by atoms with Gasteiger partial charge in [-0.25, -0.2) is 0 Å². The van der Waals surface area contributed by atoms with E-state index in [9.17, 15) is 4.79 Å². The number of nitrogens with one attached hydrogen (secondary N) is 1. The molecule has 0 radical (unpaired) electrons. The zero-order chi connectivity index (χ0) is 19.8. The van der Waals surface area contributed by atoms with Crippen molar-refractivity contribution >= 4 is 39.3 Å². The minimum Gasteiger partial charge on any atom is -0.383 e. The fourth-order valence-electron chi connectivity index (χ4n) is 2.60. The third kappa shape index (κ3) is 5.92. The van der Waals surface area contributed by atoms with E-state index in [1.807, 2.05) is 47.0 Å². The van der Waals surface area contributed by atoms with Gasteiger partial charge in [-0.3, -0.25) is 4.79 Å². The van der Waals surface area contributed by atoms with E-state index in [1.165, 1.54) is 11.8 Å². The molecule has 0 fully saturated rings. The maximum atomic E-state index is 12.3. The number of hydrogen-bond acceptors (Lipinski definition) is 5. The average Bonchev–Trinajstić information content (AvgIpc) is 3.08. The van der Waals surface area contributed by atoms with Crippen LogP contribution in [0.2, 0.25) is 0 Å². The molecule has 0 atom stereocenters. The zero-order valence-electron chi connectivity index (χ0n) is 15.5. The van der Waals surface area contributed by atoms with Crippen LogP contribution in [-0.2, 0) is 22.5 Å². The predicted octanol–water partition coefficient (Wildman–Crippen LogP) is 4.01. The second-order valence-corrected chi connectivity index (χ2v) is 7.91. The normalized spacial score (nSPS) is 10.8. The summed E-state index contributed by atoms with van der Waals surface area (Å²) >= 11 is 4.75. The van der Waals surface area contributed by atoms with Crippen molar-refractivity contribution in [2.24, 2.45) is 0 Å². The molecule has 8 heteroatoms. The highest BCUT2D eigenvalue weighted by atomic mass is 79.9. The molecule has 1 amide bonds. The number of aromatic nitrogens is 3. The van der Waals surface area contributed by atoms with E-state index >= 15 is 0 Å². The molecule has 0 bridgehead atoms. The Labute approximate surface area is 176 Å². The topological polar surface area (TPSA) is 69.0 Å². The van der Waals surface area contributed by atoms with E-state index in [0.717, 1.165) is 21.5 Å². The number of anilines is 1. The Morgan fingerprint density at radius 1 is 1.14 bits per heavy atom. The third-order valence-corrected chi connectivity index (χ3v) is 5.47. The van der Waals surface area contributed by atoms with Crippen molar-refractivity contribution in [3.05, 3.63) is 70.5 Å². The Bertz CT molecular complexity index is 900. The lowest BCUT2D eigenvalue weighted by Gasteiger charge is -2.10. The molecule has 3 rings (SSSR count). The van der Waals surface area contributed by atoms with Gasteiger partial charge in [0.1, 0.15) is 5.82 Å². The van der Waals surface area contributed by atoms with Crippen LogP contribution in [0.1, 0.15) is 11.4 Å². The highest BCUT2D eigenvalue weighted by Gasteiger charge is 2.14. The van der Waals surface area contributed by atoms with Crippen molar-refractivity contribution in [2.45, 2.75) is 18.1 Å². The lowest BCUT2D eigenvalue weighted by molar-refractivity contribution is -0.113. The SMILES string of the molecule is COCCn1c(Cc2ccccc2)nnc1SCC(=O)Nc1ccc(Br)cc1. The Kier molecular flexibility index (Phi) is 7.64. The van der Waals surface area contributed by atoms with Crippen LogP contribution in [0.15, 0.2) is 64.2 Å². The van der Waals surface area contributed by atoms with E-state index in [2.05, 4.69) is 43.6 Å². The van der Waals surface area contributed by atoms with Gasteiger partial charge in [0.05, 0.1) is 12.4 Å². The van der Waals surface area contributed by atoms with E-state index in [4.69, 9.17) is 4.74 Å². The highest BCUT2D eigenvalue weighted by Crippen LogP contribution is 2.20. The summed E-state index contributed by atoms with van der Waals surface area (Å²) in [5.41, 5.74) is 1.93. The smallest absolute Gasteiger partial charge is 0.234 e. The third-order valence-electron chi connectivity index (χ3n) is 3.98. The fourth-order valence-corrected chi connectivity index (χ4v) is 3.65. The maximum absolute atomic E-state index is 12.3. The van der Waals surface area contributed by atoms with Crippen LogP contribution in [0.25, 0.3) is 0 Å². The van der Waals surface area contributed by atoms with Gasteiger partial charge < -0.3 is 14.6 Å². The number of rotatable bonds is 9. The summed E-state index contributed by atoms with van der Waals surface area (Å²) in [7, 11) is 1.67. The molecule has 1 aromatic heterocycles. The molecule has 0 unspecified atom stereocenters. The summed E-state index contributed by atoms with van der Waals surface area (Å²) in [5.74, 6) is 1.03. The Morgan fingerprint density at radius 2 is 1.89 bits per heavy atom. The van der Waals surface area contributed by atoms with Gasteiger partial charge in [0.2, 0.25) is 5.91 Å². The summed E-state index contributed by atoms with van der Waals surface area (Å²) in [6, 6.07) is 17.6. The molecular formula is C20H21BrN4O2S. The predicted molar refractivity (Wildman–Crippen MR) is 115 cm³/mol. The van der Waals surface area contributed by atoms with Crippen molar-refractivity contribution in [1.82, 2.24) is 14.8 Å². The highest BCUT2D eigenvalue weighted by molar-refractivity contribution is 9.10. The first kappa shape index (κ1) is 20.6. The van der Waals surface area contributed by atoms with Crippen LogP contribution in [0.4, 0.5) is 5.69 Å². The van der Waals surface area contributed by atoms with Crippen LogP contribution in [-0.4, -0.2) is 40.1 Å². The monoisotopic (exact) mass is 460 g/mol. The number of ether oxygens (including phenoxy) is 1. The van der Waals surface area contributed by atoms with Crippen molar-refractivity contribution in [3.8, 4) is 0 Å². The molecule has 6 nitrogen and oxygen atoms in total. The minimum atomic E-state index is -0.0850. The Balaban J connectivity index is 1.65. The average molecular weight is 461 g/mol. The lowest BCUT2D eigenvalue weighted by atomic mass is 10.1. The molecule has 2 aromatic carbocycles. The van der Waals surface area contributed by atoms with Gasteiger partial charge in [-0.2, -0.15) is 0 Å². The molecular weight excluding hydrogens is 440 g/mol. The van der Waals surface area contributed by atoms with E-state index in [-0.39, 0.29) is 11.7 Å². The van der Waals surface area contributed by atoms with Crippen LogP contribution < -0.4 is 5.32 Å². The van der Waals surface area contributed by atoms with E-state index < -0.39 is 0 Å². The second kappa shape index (κ2) is 10.4. The fraction of sp³-hybridized carbons (Fsp3) is 0.250. The number of hydrogen-bond donors (Lipinski definition) is 1. The summed E-state index contributed by atoms with van der Waals surface area (Å²) in [6.07, 6.45) is 0.684. The molecule has 1 heterocycles. The largest absolute Gasteiger partial charge is 0.383 e. The quantitative estimate of drug-likeness (QED) is 0.488. The van der Waals surface area contributed by atoms with Gasteiger partial charge in [0, 0.05) is 30.2 Å². The molecule has 0 saturated carbocycles. The van der Waals surface area contributed by atoms with Gasteiger partial charge in [0.15, 0.2) is 5.16 Å². The van der Waals surface area contributed by atoms with E-state index in [0.29, 0.717) is 24.7 Å². The number of carbonyl (C=O) groups is 1. The number of methoxy groups -OCH3 is 1.